The van der Waals surface area contributed by atoms with Crippen LogP contribution in [-0.4, -0.2) is 12.4 Å². The van der Waals surface area contributed by atoms with E-state index in [1.54, 1.807) is 0 Å². The fourth-order valence-corrected chi connectivity index (χ4v) is 0. The Kier molecular flexibility index (Phi) is 119. The first kappa shape index (κ1) is 26.1. The Morgan fingerprint density at radius 3 is 1.00 bits per heavy atom. The van der Waals surface area contributed by atoms with Gasteiger partial charge in [-0.2, -0.15) is 0 Å². The Labute approximate surface area is 65.4 Å². The topological polar surface area (TPSA) is 47.7 Å². The maximum Gasteiger partial charge on any atom is 2.00 e. The summed E-state index contributed by atoms with van der Waals surface area (Å²) in [6.45, 7) is 0. The van der Waals surface area contributed by atoms with E-state index in [0.717, 1.165) is 12.4 Å². The van der Waals surface area contributed by atoms with Crippen LogP contribution in [0, 0.1) is 10.8 Å². The van der Waals surface area contributed by atoms with E-state index in [9.17, 15) is 0 Å². The fraction of sp³-hybridized carbons (Fsp3) is 0. The van der Waals surface area contributed by atoms with Gasteiger partial charge in [-0.3, -0.25) is 0 Å². The molecule has 0 bridgehead atoms. The van der Waals surface area contributed by atoms with E-state index in [2.05, 4.69) is 0 Å². The van der Waals surface area contributed by atoms with E-state index in [1.165, 1.54) is 0 Å². The molecule has 2 nitrogen and oxygen atoms in total. The maximum absolute atomic E-state index is 6.08. The number of rotatable bonds is 1. The number of hydrogen-bond donors (Lipinski definition) is 2. The second-order valence-corrected chi connectivity index (χ2v) is 0.333. The van der Waals surface area contributed by atoms with E-state index in [4.69, 9.17) is 10.8 Å². The van der Waals surface area contributed by atoms with Crippen molar-refractivity contribution < 1.29 is 41.9 Å². The molecule has 1 radical (unpaired) electrons. The Hall–Kier alpha value is 0.439. The van der Waals surface area contributed by atoms with Gasteiger partial charge in [0.25, 0.3) is 0 Å². The van der Waals surface area contributed by atoms with Gasteiger partial charge in [-0.1, -0.05) is 0 Å². The molecule has 0 unspecified atom stereocenters. The first-order valence-electron chi connectivity index (χ1n) is 0.911. The molecule has 0 amide bonds. The van der Waals surface area contributed by atoms with E-state index < -0.39 is 0 Å². The Morgan fingerprint density at radius 1 is 0.857 bits per heavy atom. The zero-order valence-corrected chi connectivity index (χ0v) is 5.67. The molecule has 0 fully saturated rings. The predicted molar refractivity (Wildman–Crippen MR) is 17.6 cm³/mol. The minimum atomic E-state index is 0. The molecule has 0 atom stereocenters. The second kappa shape index (κ2) is 32.0. The van der Waals surface area contributed by atoms with Crippen LogP contribution in [-0.2, 0) is 17.1 Å². The maximum atomic E-state index is 6.08. The molecule has 0 heterocycles. The third kappa shape index (κ3) is 61.2. The monoisotopic (exact) mass is 189 g/mol. The van der Waals surface area contributed by atoms with Crippen molar-refractivity contribution in [2.75, 3.05) is 0 Å². The molecule has 0 aliphatic heterocycles. The van der Waals surface area contributed by atoms with Crippen molar-refractivity contribution in [3.8, 4) is 0 Å². The van der Waals surface area contributed by atoms with E-state index in [1.807, 2.05) is 0 Å². The number of nitrogens with one attached hydrogen (secondary N) is 2. The zero-order valence-electron chi connectivity index (χ0n) is 3.21. The van der Waals surface area contributed by atoms with Crippen LogP contribution in [0.15, 0.2) is 0 Å². The Bertz CT molecular complexity index is 34.7. The standard InChI is InChI=1S/C2H4N2.2ClH.Cu/c3-1-2-4;;;/h1-4H;2*1H;/q;;;+2/p-2. The first-order chi connectivity index (χ1) is 1.91. The molecule has 0 saturated heterocycles. The van der Waals surface area contributed by atoms with Gasteiger partial charge in [0, 0.05) is 12.4 Å². The Balaban J connectivity index is -0.0000000150. The average molecular weight is 191 g/mol. The van der Waals surface area contributed by atoms with Gasteiger partial charge in [0.15, 0.2) is 0 Å². The molecule has 0 aromatic heterocycles. The van der Waals surface area contributed by atoms with Gasteiger partial charge in [-0.05, 0) is 0 Å². The molecule has 0 aromatic carbocycles. The van der Waals surface area contributed by atoms with E-state index in [-0.39, 0.29) is 41.9 Å². The van der Waals surface area contributed by atoms with Crippen LogP contribution in [0.5, 0.6) is 0 Å². The summed E-state index contributed by atoms with van der Waals surface area (Å²) >= 11 is 0. The second-order valence-electron chi connectivity index (χ2n) is 0.333. The summed E-state index contributed by atoms with van der Waals surface area (Å²) < 4.78 is 0. The van der Waals surface area contributed by atoms with Gasteiger partial charge in [0.2, 0.25) is 0 Å². The van der Waals surface area contributed by atoms with Crippen molar-refractivity contribution in [1.29, 1.82) is 10.8 Å². The van der Waals surface area contributed by atoms with Gasteiger partial charge < -0.3 is 35.6 Å². The molecule has 0 spiro atoms. The normalized spacial score (nSPS) is 2.86. The van der Waals surface area contributed by atoms with E-state index >= 15 is 0 Å². The van der Waals surface area contributed by atoms with Crippen molar-refractivity contribution >= 4 is 12.4 Å². The van der Waals surface area contributed by atoms with Crippen molar-refractivity contribution in [3.63, 3.8) is 0 Å². The van der Waals surface area contributed by atoms with Gasteiger partial charge in [-0.25, -0.2) is 0 Å². The molecule has 0 aliphatic rings. The quantitative estimate of drug-likeness (QED) is 0.306. The average Bonchev–Trinajstić information content (AvgIpc) is 1.37. The van der Waals surface area contributed by atoms with Crippen LogP contribution in [0.1, 0.15) is 0 Å². The molecular weight excluding hydrogens is 186 g/mol. The van der Waals surface area contributed by atoms with Gasteiger partial charge in [-0.15, -0.1) is 0 Å². The van der Waals surface area contributed by atoms with Crippen LogP contribution in [0.4, 0.5) is 0 Å². The zero-order chi connectivity index (χ0) is 3.41. The minimum absolute atomic E-state index is 0. The van der Waals surface area contributed by atoms with Crippen LogP contribution in [0.3, 0.4) is 0 Å². The SMILES string of the molecule is N=CC=N.[Cl-].[Cl-].[Cu+2]. The van der Waals surface area contributed by atoms with Crippen molar-refractivity contribution in [1.82, 2.24) is 0 Å². The summed E-state index contributed by atoms with van der Waals surface area (Å²) in [7, 11) is 0. The molecule has 0 rings (SSSR count). The molecule has 0 aromatic rings. The molecule has 7 heavy (non-hydrogen) atoms. The van der Waals surface area contributed by atoms with Crippen molar-refractivity contribution in [2.24, 2.45) is 0 Å². The summed E-state index contributed by atoms with van der Waals surface area (Å²) in [6, 6.07) is 0. The summed E-state index contributed by atoms with van der Waals surface area (Å²) in [6.07, 6.45) is 1.83. The van der Waals surface area contributed by atoms with E-state index in [0.29, 0.717) is 0 Å². The smallest absolute Gasteiger partial charge is 1.00 e. The predicted octanol–water partition coefficient (Wildman–Crippen LogP) is -5.71. The third-order valence-electron chi connectivity index (χ3n) is 0.0833. The minimum Gasteiger partial charge on any atom is -1.00 e. The first-order valence-corrected chi connectivity index (χ1v) is 0.911. The molecule has 0 aliphatic carbocycles. The Morgan fingerprint density at radius 2 is 1.00 bits per heavy atom. The molecular formula is C2H4Cl2CuN2. The van der Waals surface area contributed by atoms with Crippen molar-refractivity contribution in [3.05, 3.63) is 0 Å². The van der Waals surface area contributed by atoms with Crippen molar-refractivity contribution in [2.45, 2.75) is 0 Å². The van der Waals surface area contributed by atoms with Crippen LogP contribution in [0.2, 0.25) is 0 Å². The van der Waals surface area contributed by atoms with Crippen LogP contribution >= 0.6 is 0 Å². The molecule has 2 N–H and O–H groups in total. The van der Waals surface area contributed by atoms with Crippen LogP contribution < -0.4 is 24.8 Å². The third-order valence-corrected chi connectivity index (χ3v) is 0.0833. The molecule has 47 valence electrons. The van der Waals surface area contributed by atoms with Crippen LogP contribution in [0.25, 0.3) is 0 Å². The summed E-state index contributed by atoms with van der Waals surface area (Å²) in [5.41, 5.74) is 0. The summed E-state index contributed by atoms with van der Waals surface area (Å²) in [5, 5.41) is 12.2. The number of halogens is 2. The van der Waals surface area contributed by atoms with Gasteiger partial charge in [0.1, 0.15) is 0 Å². The van der Waals surface area contributed by atoms with Gasteiger partial charge in [0.05, 0.1) is 0 Å². The molecule has 0 saturated carbocycles. The molecule has 5 heteroatoms. The fourth-order valence-electron chi connectivity index (χ4n) is 0. The summed E-state index contributed by atoms with van der Waals surface area (Å²) in [4.78, 5) is 0. The van der Waals surface area contributed by atoms with Gasteiger partial charge >= 0.3 is 17.1 Å². The number of hydrogen-bond acceptors (Lipinski definition) is 2. The summed E-state index contributed by atoms with van der Waals surface area (Å²) in [5.74, 6) is 0. The largest absolute Gasteiger partial charge is 2.00 e.